The Balaban J connectivity index is 1.52. The Bertz CT molecular complexity index is 1320. The number of hydrogen-bond acceptors (Lipinski definition) is 5. The molecule has 1 N–H and O–H groups in total. The standard InChI is InChI=1S/C29H30N4O2/c1-22-19-26(34)27(29(35)33(22)21-23-9-8-14-30-20-23)28(24-10-4-2-5-11-24)32-17-15-31(16-18-32)25-12-6-3-7-13-25/h2-14,19-20,28,34H,15-18,21H2,1H3. The highest BCUT2D eigenvalue weighted by atomic mass is 16.3. The fraction of sp³-hybridized carbons (Fsp3) is 0.241. The molecule has 0 bridgehead atoms. The van der Waals surface area contributed by atoms with Crippen molar-refractivity contribution < 1.29 is 5.11 Å². The fourth-order valence-electron chi connectivity index (χ4n) is 4.97. The van der Waals surface area contributed by atoms with Crippen molar-refractivity contribution in [1.82, 2.24) is 14.5 Å². The summed E-state index contributed by atoms with van der Waals surface area (Å²) in [5.41, 5.74) is 4.15. The van der Waals surface area contributed by atoms with Gasteiger partial charge in [-0.2, -0.15) is 0 Å². The number of benzene rings is 2. The maximum Gasteiger partial charge on any atom is 0.259 e. The van der Waals surface area contributed by atoms with E-state index in [1.165, 1.54) is 5.69 Å². The van der Waals surface area contributed by atoms with Gasteiger partial charge >= 0.3 is 0 Å². The predicted octanol–water partition coefficient (Wildman–Crippen LogP) is 4.22. The van der Waals surface area contributed by atoms with Crippen molar-refractivity contribution >= 4 is 5.69 Å². The quantitative estimate of drug-likeness (QED) is 0.461. The summed E-state index contributed by atoms with van der Waals surface area (Å²) in [5, 5.41) is 11.1. The van der Waals surface area contributed by atoms with Crippen LogP contribution in [0.1, 0.15) is 28.4 Å². The van der Waals surface area contributed by atoms with Gasteiger partial charge in [-0.05, 0) is 42.3 Å². The number of anilines is 1. The molecular weight excluding hydrogens is 436 g/mol. The first kappa shape index (κ1) is 22.9. The molecule has 0 aliphatic carbocycles. The van der Waals surface area contributed by atoms with Crippen LogP contribution in [0.15, 0.2) is 96.1 Å². The lowest BCUT2D eigenvalue weighted by Gasteiger charge is -2.40. The predicted molar refractivity (Wildman–Crippen MR) is 139 cm³/mol. The van der Waals surface area contributed by atoms with Gasteiger partial charge in [-0.1, -0.05) is 54.6 Å². The molecule has 178 valence electrons. The maximum absolute atomic E-state index is 13.9. The Hall–Kier alpha value is -3.90. The molecule has 0 spiro atoms. The molecule has 1 unspecified atom stereocenters. The molecule has 3 heterocycles. The minimum Gasteiger partial charge on any atom is -0.507 e. The van der Waals surface area contributed by atoms with Gasteiger partial charge in [0.15, 0.2) is 0 Å². The van der Waals surface area contributed by atoms with Crippen LogP contribution in [0.5, 0.6) is 5.75 Å². The Morgan fingerprint density at radius 2 is 1.60 bits per heavy atom. The molecule has 6 heteroatoms. The molecule has 0 saturated carbocycles. The second-order valence-electron chi connectivity index (χ2n) is 9.01. The van der Waals surface area contributed by atoms with Crippen molar-refractivity contribution in [1.29, 1.82) is 0 Å². The van der Waals surface area contributed by atoms with Crippen LogP contribution in [0.2, 0.25) is 0 Å². The highest BCUT2D eigenvalue weighted by Gasteiger charge is 2.31. The van der Waals surface area contributed by atoms with E-state index in [9.17, 15) is 9.90 Å². The van der Waals surface area contributed by atoms with E-state index in [1.54, 1.807) is 23.0 Å². The van der Waals surface area contributed by atoms with Crippen LogP contribution in [-0.4, -0.2) is 45.7 Å². The number of aryl methyl sites for hydroxylation is 1. The minimum atomic E-state index is -0.331. The van der Waals surface area contributed by atoms with Gasteiger partial charge in [0.05, 0.1) is 18.2 Å². The van der Waals surface area contributed by atoms with E-state index < -0.39 is 0 Å². The van der Waals surface area contributed by atoms with Crippen molar-refractivity contribution in [3.05, 3.63) is 124 Å². The Morgan fingerprint density at radius 1 is 0.914 bits per heavy atom. The van der Waals surface area contributed by atoms with Crippen molar-refractivity contribution in [2.24, 2.45) is 0 Å². The smallest absolute Gasteiger partial charge is 0.259 e. The number of para-hydroxylation sites is 1. The third-order valence-corrected chi connectivity index (χ3v) is 6.78. The molecule has 1 aliphatic rings. The number of pyridine rings is 2. The molecular formula is C29H30N4O2. The summed E-state index contributed by atoms with van der Waals surface area (Å²) in [7, 11) is 0. The third kappa shape index (κ3) is 4.84. The molecule has 2 aromatic heterocycles. The van der Waals surface area contributed by atoms with Gasteiger partial charge in [0, 0.05) is 50.0 Å². The lowest BCUT2D eigenvalue weighted by molar-refractivity contribution is 0.207. The molecule has 1 saturated heterocycles. The monoisotopic (exact) mass is 466 g/mol. The van der Waals surface area contributed by atoms with Crippen molar-refractivity contribution in [2.45, 2.75) is 19.5 Å². The Labute approximate surface area is 205 Å². The van der Waals surface area contributed by atoms with E-state index in [0.29, 0.717) is 12.1 Å². The van der Waals surface area contributed by atoms with Crippen LogP contribution in [0.3, 0.4) is 0 Å². The topological polar surface area (TPSA) is 61.6 Å². The third-order valence-electron chi connectivity index (χ3n) is 6.78. The van der Waals surface area contributed by atoms with Gasteiger partial charge in [-0.25, -0.2) is 0 Å². The number of nitrogens with zero attached hydrogens (tertiary/aromatic N) is 4. The van der Waals surface area contributed by atoms with Crippen LogP contribution in [0.25, 0.3) is 0 Å². The summed E-state index contributed by atoms with van der Waals surface area (Å²) in [4.78, 5) is 22.8. The van der Waals surface area contributed by atoms with E-state index >= 15 is 0 Å². The second kappa shape index (κ2) is 10.2. The molecule has 2 aromatic carbocycles. The van der Waals surface area contributed by atoms with Crippen molar-refractivity contribution in [3.63, 3.8) is 0 Å². The molecule has 0 radical (unpaired) electrons. The van der Waals surface area contributed by atoms with E-state index in [0.717, 1.165) is 43.0 Å². The maximum atomic E-state index is 13.9. The van der Waals surface area contributed by atoms with Crippen LogP contribution in [0, 0.1) is 6.92 Å². The Kier molecular flexibility index (Phi) is 6.64. The summed E-state index contributed by atoms with van der Waals surface area (Å²) in [6.45, 7) is 5.54. The van der Waals surface area contributed by atoms with Gasteiger partial charge in [0.1, 0.15) is 5.75 Å². The van der Waals surface area contributed by atoms with Crippen LogP contribution in [-0.2, 0) is 6.54 Å². The number of hydrogen-bond donors (Lipinski definition) is 1. The zero-order chi connectivity index (χ0) is 24.2. The van der Waals surface area contributed by atoms with Crippen molar-refractivity contribution in [2.75, 3.05) is 31.1 Å². The van der Waals surface area contributed by atoms with Gasteiger partial charge < -0.3 is 14.6 Å². The normalized spacial score (nSPS) is 15.2. The molecule has 1 fully saturated rings. The minimum absolute atomic E-state index is 0.0503. The lowest BCUT2D eigenvalue weighted by atomic mass is 9.96. The highest BCUT2D eigenvalue weighted by molar-refractivity contribution is 5.47. The average Bonchev–Trinajstić information content (AvgIpc) is 2.91. The molecule has 4 aromatic rings. The van der Waals surface area contributed by atoms with E-state index in [-0.39, 0.29) is 17.4 Å². The first-order chi connectivity index (χ1) is 17.1. The summed E-state index contributed by atoms with van der Waals surface area (Å²) >= 11 is 0. The second-order valence-corrected chi connectivity index (χ2v) is 9.01. The molecule has 35 heavy (non-hydrogen) atoms. The largest absolute Gasteiger partial charge is 0.507 e. The molecule has 1 aliphatic heterocycles. The molecule has 5 rings (SSSR count). The van der Waals surface area contributed by atoms with Crippen LogP contribution < -0.4 is 10.5 Å². The number of aromatic nitrogens is 2. The summed E-state index contributed by atoms with van der Waals surface area (Å²) in [6, 6.07) is 25.7. The Morgan fingerprint density at radius 3 is 2.26 bits per heavy atom. The van der Waals surface area contributed by atoms with Crippen LogP contribution in [0.4, 0.5) is 5.69 Å². The number of aromatic hydroxyl groups is 1. The average molecular weight is 467 g/mol. The fourth-order valence-corrected chi connectivity index (χ4v) is 4.97. The van der Waals surface area contributed by atoms with Crippen molar-refractivity contribution in [3.8, 4) is 5.75 Å². The van der Waals surface area contributed by atoms with Gasteiger partial charge in [0.25, 0.3) is 5.56 Å². The number of piperazine rings is 1. The highest BCUT2D eigenvalue weighted by Crippen LogP contribution is 2.33. The summed E-state index contributed by atoms with van der Waals surface area (Å²) in [5.74, 6) is 0.0503. The summed E-state index contributed by atoms with van der Waals surface area (Å²) < 4.78 is 1.74. The first-order valence-corrected chi connectivity index (χ1v) is 12.0. The van der Waals surface area contributed by atoms with Crippen LogP contribution >= 0.6 is 0 Å². The zero-order valence-corrected chi connectivity index (χ0v) is 19.9. The van der Waals surface area contributed by atoms with Gasteiger partial charge in [-0.3, -0.25) is 14.7 Å². The molecule has 1 atom stereocenters. The van der Waals surface area contributed by atoms with Gasteiger partial charge in [-0.15, -0.1) is 0 Å². The lowest BCUT2D eigenvalue weighted by Crippen LogP contribution is -2.49. The number of rotatable bonds is 6. The SMILES string of the molecule is Cc1cc(O)c(C(c2ccccc2)N2CCN(c3ccccc3)CC2)c(=O)n1Cc1cccnc1. The summed E-state index contributed by atoms with van der Waals surface area (Å²) in [6.07, 6.45) is 3.50. The molecule has 6 nitrogen and oxygen atoms in total. The van der Waals surface area contributed by atoms with Gasteiger partial charge in [0.2, 0.25) is 0 Å². The van der Waals surface area contributed by atoms with E-state index in [1.807, 2.05) is 55.5 Å². The van der Waals surface area contributed by atoms with E-state index in [4.69, 9.17) is 0 Å². The zero-order valence-electron chi connectivity index (χ0n) is 19.9. The molecule has 0 amide bonds. The van der Waals surface area contributed by atoms with E-state index in [2.05, 4.69) is 39.0 Å². The first-order valence-electron chi connectivity index (χ1n) is 12.0.